The maximum Gasteiger partial charge on any atom is 0.227 e. The summed E-state index contributed by atoms with van der Waals surface area (Å²) in [7, 11) is 5.71. The average Bonchev–Trinajstić information content (AvgIpc) is 2.74. The van der Waals surface area contributed by atoms with E-state index in [0.717, 1.165) is 44.0 Å². The van der Waals surface area contributed by atoms with Gasteiger partial charge in [-0.2, -0.15) is 0 Å². The molecule has 6 nitrogen and oxygen atoms in total. The molecule has 134 valence electrons. The van der Waals surface area contributed by atoms with Crippen LogP contribution in [-0.2, 0) is 11.3 Å². The first-order valence-electron chi connectivity index (χ1n) is 8.44. The molecule has 1 aromatic rings. The third-order valence-corrected chi connectivity index (χ3v) is 4.26. The summed E-state index contributed by atoms with van der Waals surface area (Å²) in [6, 6.07) is 7.94. The predicted octanol–water partition coefficient (Wildman–Crippen LogP) is 0.510. The Hall–Kier alpha value is -1.63. The predicted molar refractivity (Wildman–Crippen MR) is 94.0 cm³/mol. The van der Waals surface area contributed by atoms with Gasteiger partial charge in [-0.15, -0.1) is 0 Å². The second-order valence-electron chi connectivity index (χ2n) is 6.65. The van der Waals surface area contributed by atoms with Crippen LogP contribution < -0.4 is 4.74 Å². The van der Waals surface area contributed by atoms with Gasteiger partial charge in [0, 0.05) is 46.8 Å². The van der Waals surface area contributed by atoms with Crippen molar-refractivity contribution in [3.8, 4) is 5.75 Å². The first-order valence-corrected chi connectivity index (χ1v) is 8.44. The van der Waals surface area contributed by atoms with Crippen molar-refractivity contribution in [1.82, 2.24) is 14.7 Å². The van der Waals surface area contributed by atoms with Crippen molar-refractivity contribution < 1.29 is 14.6 Å². The molecule has 0 aromatic heterocycles. The van der Waals surface area contributed by atoms with Gasteiger partial charge >= 0.3 is 0 Å². The lowest BCUT2D eigenvalue weighted by Crippen LogP contribution is -2.40. The van der Waals surface area contributed by atoms with Crippen molar-refractivity contribution in [2.24, 2.45) is 5.92 Å². The zero-order valence-electron chi connectivity index (χ0n) is 14.9. The van der Waals surface area contributed by atoms with Crippen LogP contribution in [-0.4, -0.2) is 86.2 Å². The van der Waals surface area contributed by atoms with Crippen LogP contribution in [0, 0.1) is 5.92 Å². The second kappa shape index (κ2) is 9.01. The maximum atomic E-state index is 12.4. The van der Waals surface area contributed by atoms with Crippen molar-refractivity contribution in [2.75, 3.05) is 60.5 Å². The summed E-state index contributed by atoms with van der Waals surface area (Å²) in [4.78, 5) is 18.6. The van der Waals surface area contributed by atoms with E-state index in [2.05, 4.69) is 22.9 Å². The summed E-state index contributed by atoms with van der Waals surface area (Å²) in [5, 5.41) is 8.87. The third-order valence-electron chi connectivity index (χ3n) is 4.26. The Bertz CT molecular complexity index is 536. The van der Waals surface area contributed by atoms with Crippen LogP contribution in [0.2, 0.25) is 0 Å². The van der Waals surface area contributed by atoms with E-state index in [1.54, 1.807) is 4.90 Å². The molecule has 24 heavy (non-hydrogen) atoms. The van der Waals surface area contributed by atoms with Crippen molar-refractivity contribution in [3.63, 3.8) is 0 Å². The molecule has 0 aliphatic carbocycles. The molecule has 0 bridgehead atoms. The average molecular weight is 335 g/mol. The summed E-state index contributed by atoms with van der Waals surface area (Å²) < 4.78 is 5.48. The van der Waals surface area contributed by atoms with E-state index in [-0.39, 0.29) is 18.4 Å². The number of benzene rings is 1. The van der Waals surface area contributed by atoms with Gasteiger partial charge in [-0.3, -0.25) is 9.69 Å². The van der Waals surface area contributed by atoms with Gasteiger partial charge in [0.2, 0.25) is 5.91 Å². The Morgan fingerprint density at radius 3 is 2.83 bits per heavy atom. The highest BCUT2D eigenvalue weighted by atomic mass is 16.5. The normalized spacial score (nSPS) is 19.8. The molecule has 6 heteroatoms. The summed E-state index contributed by atoms with van der Waals surface area (Å²) in [6.07, 6.45) is 0. The molecule has 1 N–H and O–H groups in total. The van der Waals surface area contributed by atoms with Gasteiger partial charge in [-0.1, -0.05) is 12.1 Å². The number of nitrogens with zero attached hydrogens (tertiary/aromatic N) is 3. The van der Waals surface area contributed by atoms with E-state index < -0.39 is 0 Å². The minimum atomic E-state index is 0.00122. The first kappa shape index (κ1) is 18.7. The summed E-state index contributed by atoms with van der Waals surface area (Å²) in [6.45, 7) is 4.57. The zero-order chi connectivity index (χ0) is 17.5. The smallest absolute Gasteiger partial charge is 0.227 e. The van der Waals surface area contributed by atoms with E-state index in [0.29, 0.717) is 6.61 Å². The largest absolute Gasteiger partial charge is 0.491 e. The quantitative estimate of drug-likeness (QED) is 0.821. The van der Waals surface area contributed by atoms with Crippen LogP contribution in [0.4, 0.5) is 0 Å². The number of aliphatic hydroxyl groups excluding tert-OH is 1. The molecule has 0 saturated carbocycles. The Morgan fingerprint density at radius 2 is 2.12 bits per heavy atom. The number of aliphatic hydroxyl groups is 1. The molecule has 0 spiro atoms. The molecule has 1 heterocycles. The van der Waals surface area contributed by atoms with E-state index in [1.807, 2.05) is 32.3 Å². The van der Waals surface area contributed by atoms with Gasteiger partial charge in [0.1, 0.15) is 12.4 Å². The number of hydrogen-bond acceptors (Lipinski definition) is 5. The Labute approximate surface area is 144 Å². The molecular weight excluding hydrogens is 306 g/mol. The standard InChI is InChI=1S/C18H29N3O3/c1-19(2)18(23)16-13-20(3)7-8-21(14-16)12-15-5-4-6-17(11-15)24-10-9-22/h4-6,11,16,22H,7-10,12-14H2,1-3H3/t16-/m1/s1. The molecule has 2 rings (SSSR count). The van der Waals surface area contributed by atoms with E-state index in [4.69, 9.17) is 9.84 Å². The molecule has 1 saturated heterocycles. The van der Waals surface area contributed by atoms with Gasteiger partial charge in [0.15, 0.2) is 0 Å². The van der Waals surface area contributed by atoms with Gasteiger partial charge in [0.05, 0.1) is 12.5 Å². The van der Waals surface area contributed by atoms with Gasteiger partial charge in [-0.05, 0) is 24.7 Å². The highest BCUT2D eigenvalue weighted by molar-refractivity contribution is 5.78. The number of likely N-dealkylation sites (N-methyl/N-ethyl adjacent to an activating group) is 1. The van der Waals surface area contributed by atoms with Gasteiger partial charge in [-0.25, -0.2) is 0 Å². The zero-order valence-corrected chi connectivity index (χ0v) is 14.9. The highest BCUT2D eigenvalue weighted by Crippen LogP contribution is 2.17. The Morgan fingerprint density at radius 1 is 1.33 bits per heavy atom. The Balaban J connectivity index is 2.03. The van der Waals surface area contributed by atoms with Crippen LogP contribution in [0.3, 0.4) is 0 Å². The summed E-state index contributed by atoms with van der Waals surface area (Å²) in [5.41, 5.74) is 1.16. The number of carbonyl (C=O) groups excluding carboxylic acids is 1. The van der Waals surface area contributed by atoms with E-state index in [1.165, 1.54) is 0 Å². The second-order valence-corrected chi connectivity index (χ2v) is 6.65. The topological polar surface area (TPSA) is 56.2 Å². The van der Waals surface area contributed by atoms with Crippen molar-refractivity contribution in [3.05, 3.63) is 29.8 Å². The van der Waals surface area contributed by atoms with Gasteiger partial charge in [0.25, 0.3) is 0 Å². The fraction of sp³-hybridized carbons (Fsp3) is 0.611. The van der Waals surface area contributed by atoms with Gasteiger partial charge < -0.3 is 19.6 Å². The molecule has 1 aliphatic heterocycles. The maximum absolute atomic E-state index is 12.4. The molecule has 0 unspecified atom stereocenters. The first-order chi connectivity index (χ1) is 11.5. The lowest BCUT2D eigenvalue weighted by molar-refractivity contribution is -0.133. The number of rotatable bonds is 6. The van der Waals surface area contributed by atoms with Crippen LogP contribution in [0.5, 0.6) is 5.75 Å². The minimum absolute atomic E-state index is 0.00122. The van der Waals surface area contributed by atoms with E-state index >= 15 is 0 Å². The lowest BCUT2D eigenvalue weighted by Gasteiger charge is -2.25. The summed E-state index contributed by atoms with van der Waals surface area (Å²) >= 11 is 0. The molecule has 1 fully saturated rings. The fourth-order valence-corrected chi connectivity index (χ4v) is 3.06. The molecular formula is C18H29N3O3. The van der Waals surface area contributed by atoms with Crippen LogP contribution >= 0.6 is 0 Å². The highest BCUT2D eigenvalue weighted by Gasteiger charge is 2.27. The monoisotopic (exact) mass is 335 g/mol. The number of ether oxygens (including phenoxy) is 1. The summed E-state index contributed by atoms with van der Waals surface area (Å²) in [5.74, 6) is 0.963. The lowest BCUT2D eigenvalue weighted by atomic mass is 10.1. The number of hydrogen-bond donors (Lipinski definition) is 1. The van der Waals surface area contributed by atoms with Crippen LogP contribution in [0.25, 0.3) is 0 Å². The molecule has 1 aromatic carbocycles. The third kappa shape index (κ3) is 5.47. The Kier molecular flexibility index (Phi) is 7.02. The van der Waals surface area contributed by atoms with Crippen LogP contribution in [0.15, 0.2) is 24.3 Å². The molecule has 1 aliphatic rings. The van der Waals surface area contributed by atoms with Crippen molar-refractivity contribution in [1.29, 1.82) is 0 Å². The van der Waals surface area contributed by atoms with Crippen molar-refractivity contribution in [2.45, 2.75) is 6.54 Å². The van der Waals surface area contributed by atoms with E-state index in [9.17, 15) is 4.79 Å². The fourth-order valence-electron chi connectivity index (χ4n) is 3.06. The molecule has 0 radical (unpaired) electrons. The molecule has 1 amide bonds. The SMILES string of the molecule is CN1CCN(Cc2cccc(OCCO)c2)C[C@H](C(=O)N(C)C)C1. The number of carbonyl (C=O) groups is 1. The number of amides is 1. The van der Waals surface area contributed by atoms with Crippen molar-refractivity contribution >= 4 is 5.91 Å². The van der Waals surface area contributed by atoms with Crippen LogP contribution in [0.1, 0.15) is 5.56 Å². The minimum Gasteiger partial charge on any atom is -0.491 e. The molecule has 1 atom stereocenters.